The van der Waals surface area contributed by atoms with Crippen LogP contribution in [0.3, 0.4) is 0 Å². The topological polar surface area (TPSA) is 125 Å². The lowest BCUT2D eigenvalue weighted by molar-refractivity contribution is -0.385. The Hall–Kier alpha value is -3.75. The van der Waals surface area contributed by atoms with Crippen molar-refractivity contribution in [1.82, 2.24) is 5.01 Å². The van der Waals surface area contributed by atoms with Crippen molar-refractivity contribution in [3.63, 3.8) is 0 Å². The first-order valence-electron chi connectivity index (χ1n) is 9.37. The van der Waals surface area contributed by atoms with Crippen LogP contribution in [0.1, 0.15) is 42.9 Å². The highest BCUT2D eigenvalue weighted by Gasteiger charge is 2.33. The number of rotatable bonds is 8. The summed E-state index contributed by atoms with van der Waals surface area (Å²) in [7, 11) is 1.56. The highest BCUT2D eigenvalue weighted by molar-refractivity contribution is 6.03. The predicted molar refractivity (Wildman–Crippen MR) is 106 cm³/mol. The predicted octanol–water partition coefficient (Wildman–Crippen LogP) is 2.20. The second kappa shape index (κ2) is 9.17. The Morgan fingerprint density at radius 1 is 1.20 bits per heavy atom. The van der Waals surface area contributed by atoms with E-state index in [-0.39, 0.29) is 30.9 Å². The summed E-state index contributed by atoms with van der Waals surface area (Å²) in [6.45, 7) is 0. The SMILES string of the molecule is COc1ccc(C2=NN(C(=O)CCCC(=O)[O-])[C@@H](c3cccc([N+](=O)[O-])c3)C2)cc1. The molecule has 3 rings (SSSR count). The van der Waals surface area contributed by atoms with Crippen molar-refractivity contribution in [1.29, 1.82) is 0 Å². The van der Waals surface area contributed by atoms with Crippen LogP contribution < -0.4 is 9.84 Å². The molecule has 1 heterocycles. The number of aliphatic carboxylic acids is 1. The van der Waals surface area contributed by atoms with Gasteiger partial charge in [-0.2, -0.15) is 5.10 Å². The summed E-state index contributed by atoms with van der Waals surface area (Å²) < 4.78 is 5.16. The van der Waals surface area contributed by atoms with Crippen LogP contribution in [0.5, 0.6) is 5.75 Å². The van der Waals surface area contributed by atoms with Gasteiger partial charge < -0.3 is 14.6 Å². The molecule has 1 aliphatic heterocycles. The summed E-state index contributed by atoms with van der Waals surface area (Å²) in [5.74, 6) is -0.888. The molecule has 0 bridgehead atoms. The Kier molecular flexibility index (Phi) is 6.41. The monoisotopic (exact) mass is 410 g/mol. The maximum atomic E-state index is 12.8. The molecule has 0 N–H and O–H groups in total. The highest BCUT2D eigenvalue weighted by Crippen LogP contribution is 2.35. The minimum Gasteiger partial charge on any atom is -0.550 e. The Balaban J connectivity index is 1.89. The number of benzene rings is 2. The van der Waals surface area contributed by atoms with Crippen molar-refractivity contribution >= 4 is 23.3 Å². The van der Waals surface area contributed by atoms with E-state index in [2.05, 4.69) is 5.10 Å². The molecule has 9 heteroatoms. The molecule has 0 radical (unpaired) electrons. The minimum atomic E-state index is -1.22. The molecule has 9 nitrogen and oxygen atoms in total. The van der Waals surface area contributed by atoms with Crippen molar-refractivity contribution in [2.24, 2.45) is 5.10 Å². The number of nitrogens with zero attached hydrogens (tertiary/aromatic N) is 3. The third-order valence-electron chi connectivity index (χ3n) is 4.83. The first-order valence-corrected chi connectivity index (χ1v) is 9.37. The van der Waals surface area contributed by atoms with Crippen LogP contribution in [0.25, 0.3) is 0 Å². The maximum Gasteiger partial charge on any atom is 0.269 e. The average Bonchev–Trinajstić information content (AvgIpc) is 3.19. The third kappa shape index (κ3) is 4.80. The molecule has 0 saturated heterocycles. The smallest absolute Gasteiger partial charge is 0.269 e. The minimum absolute atomic E-state index is 0.0151. The number of carboxylic acids is 1. The first kappa shape index (κ1) is 21.0. The molecule has 1 atom stereocenters. The number of nitro groups is 1. The van der Waals surface area contributed by atoms with Crippen LogP contribution in [0.4, 0.5) is 5.69 Å². The van der Waals surface area contributed by atoms with Crippen molar-refractivity contribution in [3.05, 3.63) is 69.8 Å². The Labute approximate surface area is 172 Å². The van der Waals surface area contributed by atoms with Crippen molar-refractivity contribution in [2.45, 2.75) is 31.7 Å². The molecule has 1 aliphatic rings. The molecule has 1 amide bonds. The van der Waals surface area contributed by atoms with Gasteiger partial charge in [-0.15, -0.1) is 0 Å². The number of ether oxygens (including phenoxy) is 1. The molecule has 156 valence electrons. The number of hydrogen-bond acceptors (Lipinski definition) is 7. The van der Waals surface area contributed by atoms with Crippen LogP contribution in [0.15, 0.2) is 53.6 Å². The Morgan fingerprint density at radius 2 is 1.93 bits per heavy atom. The molecule has 2 aromatic rings. The Morgan fingerprint density at radius 3 is 2.57 bits per heavy atom. The number of methoxy groups -OCH3 is 1. The van der Waals surface area contributed by atoms with Gasteiger partial charge in [0.15, 0.2) is 0 Å². The fourth-order valence-corrected chi connectivity index (χ4v) is 3.30. The van der Waals surface area contributed by atoms with E-state index in [0.29, 0.717) is 23.4 Å². The van der Waals surface area contributed by atoms with Gasteiger partial charge in [-0.1, -0.05) is 12.1 Å². The van der Waals surface area contributed by atoms with Crippen LogP contribution >= 0.6 is 0 Å². The molecule has 0 aromatic heterocycles. The van der Waals surface area contributed by atoms with Gasteiger partial charge in [-0.05, 0) is 48.2 Å². The largest absolute Gasteiger partial charge is 0.550 e. The van der Waals surface area contributed by atoms with E-state index in [0.717, 1.165) is 5.56 Å². The zero-order valence-electron chi connectivity index (χ0n) is 16.3. The number of hydrogen-bond donors (Lipinski definition) is 0. The van der Waals surface area contributed by atoms with Gasteiger partial charge in [0.2, 0.25) is 5.91 Å². The van der Waals surface area contributed by atoms with Gasteiger partial charge in [-0.3, -0.25) is 14.9 Å². The number of non-ortho nitro benzene ring substituents is 1. The second-order valence-electron chi connectivity index (χ2n) is 6.81. The number of carbonyl (C=O) groups is 2. The summed E-state index contributed by atoms with van der Waals surface area (Å²) in [5, 5.41) is 27.6. The number of carboxylic acid groups (broad SMARTS) is 1. The lowest BCUT2D eigenvalue weighted by Crippen LogP contribution is -2.28. The van der Waals surface area contributed by atoms with Crippen LogP contribution in [-0.4, -0.2) is 34.6 Å². The van der Waals surface area contributed by atoms with Crippen molar-refractivity contribution in [2.75, 3.05) is 7.11 Å². The number of amides is 1. The quantitative estimate of drug-likeness (QED) is 0.485. The molecule has 2 aromatic carbocycles. The van der Waals surface area contributed by atoms with E-state index < -0.39 is 16.9 Å². The number of nitro benzene ring substituents is 1. The van der Waals surface area contributed by atoms with Gasteiger partial charge in [-0.25, -0.2) is 5.01 Å². The zero-order valence-corrected chi connectivity index (χ0v) is 16.3. The zero-order chi connectivity index (χ0) is 21.7. The molecule has 0 spiro atoms. The van der Waals surface area contributed by atoms with Gasteiger partial charge >= 0.3 is 0 Å². The van der Waals surface area contributed by atoms with Crippen molar-refractivity contribution in [3.8, 4) is 5.75 Å². The van der Waals surface area contributed by atoms with Gasteiger partial charge in [0.25, 0.3) is 5.69 Å². The Bertz CT molecular complexity index is 986. The van der Waals surface area contributed by atoms with Crippen LogP contribution in [0.2, 0.25) is 0 Å². The number of carbonyl (C=O) groups excluding carboxylic acids is 2. The molecule has 0 unspecified atom stereocenters. The lowest BCUT2D eigenvalue weighted by Gasteiger charge is -2.22. The van der Waals surface area contributed by atoms with E-state index in [1.54, 1.807) is 31.4 Å². The normalized spacial score (nSPS) is 15.6. The fraction of sp³-hybridized carbons (Fsp3) is 0.286. The van der Waals surface area contributed by atoms with Gasteiger partial charge in [0, 0.05) is 30.9 Å². The van der Waals surface area contributed by atoms with Gasteiger partial charge in [0.1, 0.15) is 5.75 Å². The molecular weight excluding hydrogens is 390 g/mol. The van der Waals surface area contributed by atoms with E-state index in [9.17, 15) is 24.8 Å². The van der Waals surface area contributed by atoms with E-state index >= 15 is 0 Å². The summed E-state index contributed by atoms with van der Waals surface area (Å²) in [6.07, 6.45) is 0.265. The van der Waals surface area contributed by atoms with E-state index in [1.165, 1.54) is 17.1 Å². The van der Waals surface area contributed by atoms with Crippen LogP contribution in [0, 0.1) is 10.1 Å². The fourth-order valence-electron chi connectivity index (χ4n) is 3.30. The molecular formula is C21H20N3O6-. The third-order valence-corrected chi connectivity index (χ3v) is 4.83. The van der Waals surface area contributed by atoms with E-state index in [4.69, 9.17) is 4.74 Å². The summed E-state index contributed by atoms with van der Waals surface area (Å²) in [6, 6.07) is 12.8. The molecule has 30 heavy (non-hydrogen) atoms. The first-order chi connectivity index (χ1) is 14.4. The summed E-state index contributed by atoms with van der Waals surface area (Å²) in [4.78, 5) is 34.1. The van der Waals surface area contributed by atoms with Crippen molar-refractivity contribution < 1.29 is 24.4 Å². The average molecular weight is 410 g/mol. The van der Waals surface area contributed by atoms with Gasteiger partial charge in [0.05, 0.1) is 23.8 Å². The van der Waals surface area contributed by atoms with Crippen LogP contribution in [-0.2, 0) is 9.59 Å². The molecule has 0 fully saturated rings. The summed E-state index contributed by atoms with van der Waals surface area (Å²) >= 11 is 0. The molecule has 0 aliphatic carbocycles. The number of hydrazone groups is 1. The highest BCUT2D eigenvalue weighted by atomic mass is 16.6. The maximum absolute atomic E-state index is 12.8. The van der Waals surface area contributed by atoms with E-state index in [1.807, 2.05) is 12.1 Å². The lowest BCUT2D eigenvalue weighted by atomic mass is 9.98. The summed E-state index contributed by atoms with van der Waals surface area (Å²) in [5.41, 5.74) is 1.97. The molecule has 0 saturated carbocycles. The standard InChI is InChI=1S/C21H21N3O6/c1-30-17-10-8-14(9-11-17)18-13-19(15-4-2-5-16(12-15)24(28)29)23(22-18)20(25)6-3-7-21(26)27/h2,4-5,8-12,19H,3,6-7,13H2,1H3,(H,26,27)/p-1/t19-/m1/s1. The second-order valence-corrected chi connectivity index (χ2v) is 6.81.